The summed E-state index contributed by atoms with van der Waals surface area (Å²) in [5.74, 6) is 0.695. The fourth-order valence-corrected chi connectivity index (χ4v) is 1.83. The molecule has 0 saturated carbocycles. The van der Waals surface area contributed by atoms with Crippen LogP contribution in [0.25, 0.3) is 0 Å². The van der Waals surface area contributed by atoms with Gasteiger partial charge in [0.15, 0.2) is 5.78 Å². The van der Waals surface area contributed by atoms with Gasteiger partial charge < -0.3 is 9.64 Å². The number of nitrogens with zero attached hydrogens (tertiary/aromatic N) is 1. The molecular formula is C10H15NO3. The largest absolute Gasteiger partial charge is 0.381 e. The Morgan fingerprint density at radius 2 is 2.29 bits per heavy atom. The summed E-state index contributed by atoms with van der Waals surface area (Å²) >= 11 is 0. The van der Waals surface area contributed by atoms with E-state index >= 15 is 0 Å². The van der Waals surface area contributed by atoms with Gasteiger partial charge in [0.1, 0.15) is 0 Å². The minimum absolute atomic E-state index is 0.117. The third kappa shape index (κ3) is 2.12. The maximum absolute atomic E-state index is 11.7. The van der Waals surface area contributed by atoms with E-state index in [9.17, 15) is 9.59 Å². The molecule has 0 unspecified atom stereocenters. The first kappa shape index (κ1) is 9.65. The summed E-state index contributed by atoms with van der Waals surface area (Å²) in [7, 11) is 0. The number of ether oxygens (including phenoxy) is 1. The number of carbonyl (C=O) groups is 2. The van der Waals surface area contributed by atoms with Crippen LogP contribution in [-0.2, 0) is 14.3 Å². The zero-order chi connectivity index (χ0) is 9.97. The third-order valence-corrected chi connectivity index (χ3v) is 2.77. The molecule has 14 heavy (non-hydrogen) atoms. The number of Topliss-reactive ketones (excluding diaryl/α,β-unsaturated/α-hetero) is 1. The highest BCUT2D eigenvalue weighted by Crippen LogP contribution is 2.17. The third-order valence-electron chi connectivity index (χ3n) is 2.77. The zero-order valence-electron chi connectivity index (χ0n) is 8.20. The molecule has 0 aromatic rings. The van der Waals surface area contributed by atoms with Gasteiger partial charge in [-0.1, -0.05) is 0 Å². The number of carbonyl (C=O) groups excluding carboxylic acids is 2. The van der Waals surface area contributed by atoms with Crippen LogP contribution in [0.5, 0.6) is 0 Å². The summed E-state index contributed by atoms with van der Waals surface area (Å²) in [6.07, 6.45) is 2.01. The van der Waals surface area contributed by atoms with Crippen molar-refractivity contribution >= 4 is 11.7 Å². The maximum Gasteiger partial charge on any atom is 0.223 e. The van der Waals surface area contributed by atoms with Crippen LogP contribution < -0.4 is 0 Å². The van der Waals surface area contributed by atoms with Crippen LogP contribution in [0.3, 0.4) is 0 Å². The van der Waals surface area contributed by atoms with Gasteiger partial charge in [-0.25, -0.2) is 0 Å². The number of hydrogen-bond acceptors (Lipinski definition) is 3. The molecule has 0 bridgehead atoms. The average molecular weight is 197 g/mol. The first-order valence-corrected chi connectivity index (χ1v) is 5.13. The van der Waals surface area contributed by atoms with E-state index in [0.29, 0.717) is 38.5 Å². The standard InChI is InChI=1S/C10H15NO3/c12-9-2-1-3-11(5-9)10(13)4-8-6-14-7-8/h8H,1-7H2. The number of rotatable bonds is 2. The van der Waals surface area contributed by atoms with Crippen molar-refractivity contribution in [2.24, 2.45) is 5.92 Å². The Balaban J connectivity index is 1.80. The predicted molar refractivity (Wildman–Crippen MR) is 49.7 cm³/mol. The molecule has 0 N–H and O–H groups in total. The van der Waals surface area contributed by atoms with Crippen molar-refractivity contribution in [3.63, 3.8) is 0 Å². The van der Waals surface area contributed by atoms with Crippen molar-refractivity contribution < 1.29 is 14.3 Å². The van der Waals surface area contributed by atoms with Gasteiger partial charge >= 0.3 is 0 Å². The van der Waals surface area contributed by atoms with Crippen molar-refractivity contribution in [1.82, 2.24) is 4.90 Å². The molecule has 0 aromatic heterocycles. The molecule has 2 saturated heterocycles. The van der Waals surface area contributed by atoms with Gasteiger partial charge in [-0.2, -0.15) is 0 Å². The average Bonchev–Trinajstić information content (AvgIpc) is 2.11. The normalized spacial score (nSPS) is 23.4. The minimum Gasteiger partial charge on any atom is -0.381 e. The van der Waals surface area contributed by atoms with E-state index in [4.69, 9.17) is 4.74 Å². The van der Waals surface area contributed by atoms with Crippen molar-refractivity contribution in [3.05, 3.63) is 0 Å². The van der Waals surface area contributed by atoms with Crippen molar-refractivity contribution in [3.8, 4) is 0 Å². The first-order valence-electron chi connectivity index (χ1n) is 5.13. The lowest BCUT2D eigenvalue weighted by atomic mass is 10.0. The Morgan fingerprint density at radius 1 is 1.50 bits per heavy atom. The topological polar surface area (TPSA) is 46.6 Å². The van der Waals surface area contributed by atoms with Crippen LogP contribution in [0.4, 0.5) is 0 Å². The van der Waals surface area contributed by atoms with Crippen molar-refractivity contribution in [2.45, 2.75) is 19.3 Å². The van der Waals surface area contributed by atoms with E-state index in [-0.39, 0.29) is 11.7 Å². The monoisotopic (exact) mass is 197 g/mol. The van der Waals surface area contributed by atoms with Crippen molar-refractivity contribution in [2.75, 3.05) is 26.3 Å². The van der Waals surface area contributed by atoms with Gasteiger partial charge in [0, 0.05) is 25.3 Å². The van der Waals surface area contributed by atoms with E-state index in [1.165, 1.54) is 0 Å². The van der Waals surface area contributed by atoms with E-state index < -0.39 is 0 Å². The van der Waals surface area contributed by atoms with Crippen LogP contribution in [0.15, 0.2) is 0 Å². The smallest absolute Gasteiger partial charge is 0.223 e. The number of amides is 1. The van der Waals surface area contributed by atoms with Crippen LogP contribution >= 0.6 is 0 Å². The molecule has 4 nitrogen and oxygen atoms in total. The quantitative estimate of drug-likeness (QED) is 0.636. The SMILES string of the molecule is O=C1CCCN(C(=O)CC2COC2)C1. The van der Waals surface area contributed by atoms with Crippen molar-refractivity contribution in [1.29, 1.82) is 0 Å². The second kappa shape index (κ2) is 4.09. The second-order valence-corrected chi connectivity index (χ2v) is 4.07. The van der Waals surface area contributed by atoms with E-state index in [1.54, 1.807) is 4.90 Å². The fraction of sp³-hybridized carbons (Fsp3) is 0.800. The summed E-state index contributed by atoms with van der Waals surface area (Å²) in [4.78, 5) is 24.5. The molecule has 2 aliphatic rings. The first-order chi connectivity index (χ1) is 6.75. The lowest BCUT2D eigenvalue weighted by Crippen LogP contribution is -2.42. The number of ketones is 1. The van der Waals surface area contributed by atoms with E-state index in [1.807, 2.05) is 0 Å². The molecule has 2 aliphatic heterocycles. The highest BCUT2D eigenvalue weighted by molar-refractivity contribution is 5.87. The Morgan fingerprint density at radius 3 is 2.86 bits per heavy atom. The van der Waals surface area contributed by atoms with Gasteiger partial charge in [0.2, 0.25) is 5.91 Å². The summed E-state index contributed by atoms with van der Waals surface area (Å²) in [6, 6.07) is 0. The summed E-state index contributed by atoms with van der Waals surface area (Å²) in [5, 5.41) is 0. The molecule has 0 aromatic carbocycles. The minimum atomic E-state index is 0.117. The molecule has 0 radical (unpaired) electrons. The molecule has 0 atom stereocenters. The molecule has 2 fully saturated rings. The summed E-state index contributed by atoms with van der Waals surface area (Å²) in [6.45, 7) is 2.48. The Bertz CT molecular complexity index is 248. The van der Waals surface area contributed by atoms with Gasteiger partial charge in [-0.05, 0) is 6.42 Å². The lowest BCUT2D eigenvalue weighted by Gasteiger charge is -2.30. The van der Waals surface area contributed by atoms with Gasteiger partial charge in [-0.3, -0.25) is 9.59 Å². The molecule has 4 heteroatoms. The van der Waals surface area contributed by atoms with Crippen LogP contribution in [0.2, 0.25) is 0 Å². The fourth-order valence-electron chi connectivity index (χ4n) is 1.83. The molecule has 2 heterocycles. The number of likely N-dealkylation sites (tertiary alicyclic amines) is 1. The molecule has 0 aliphatic carbocycles. The molecule has 78 valence electrons. The molecule has 1 amide bonds. The summed E-state index contributed by atoms with van der Waals surface area (Å²) in [5.41, 5.74) is 0. The number of hydrogen-bond donors (Lipinski definition) is 0. The highest BCUT2D eigenvalue weighted by Gasteiger charge is 2.27. The van der Waals surface area contributed by atoms with E-state index in [0.717, 1.165) is 13.0 Å². The number of piperidine rings is 1. The second-order valence-electron chi connectivity index (χ2n) is 4.07. The van der Waals surface area contributed by atoms with Gasteiger partial charge in [0.25, 0.3) is 0 Å². The van der Waals surface area contributed by atoms with Crippen LogP contribution in [-0.4, -0.2) is 42.9 Å². The maximum atomic E-state index is 11.7. The molecular weight excluding hydrogens is 182 g/mol. The summed E-state index contributed by atoms with van der Waals surface area (Å²) < 4.78 is 5.01. The Kier molecular flexibility index (Phi) is 2.82. The van der Waals surface area contributed by atoms with Gasteiger partial charge in [0.05, 0.1) is 19.8 Å². The predicted octanol–water partition coefficient (Wildman–Crippen LogP) is 0.214. The lowest BCUT2D eigenvalue weighted by molar-refractivity contribution is -0.141. The van der Waals surface area contributed by atoms with Crippen LogP contribution in [0.1, 0.15) is 19.3 Å². The van der Waals surface area contributed by atoms with Crippen LogP contribution in [0, 0.1) is 5.92 Å². The highest BCUT2D eigenvalue weighted by atomic mass is 16.5. The Labute approximate surface area is 83.2 Å². The molecule has 2 rings (SSSR count). The Hall–Kier alpha value is -0.900. The van der Waals surface area contributed by atoms with E-state index in [2.05, 4.69) is 0 Å². The zero-order valence-corrected chi connectivity index (χ0v) is 8.20. The van der Waals surface area contributed by atoms with Gasteiger partial charge in [-0.15, -0.1) is 0 Å². The molecule has 0 spiro atoms.